The van der Waals surface area contributed by atoms with Crippen LogP contribution in [0.15, 0.2) is 48.5 Å². The molecule has 0 spiro atoms. The Bertz CT molecular complexity index is 961. The summed E-state index contributed by atoms with van der Waals surface area (Å²) < 4.78 is 2.13. The highest BCUT2D eigenvalue weighted by atomic mass is 35.5. The highest BCUT2D eigenvalue weighted by molar-refractivity contribution is 6.30. The van der Waals surface area contributed by atoms with Gasteiger partial charge in [-0.3, -0.25) is 0 Å². The molecule has 2 heterocycles. The lowest BCUT2D eigenvalue weighted by atomic mass is 9.94. The number of nitrogens with one attached hydrogen (secondary N) is 1. The van der Waals surface area contributed by atoms with E-state index in [0.29, 0.717) is 6.04 Å². The fourth-order valence-corrected chi connectivity index (χ4v) is 5.17. The lowest BCUT2D eigenvalue weighted by Crippen LogP contribution is -3.12. The van der Waals surface area contributed by atoms with Crippen molar-refractivity contribution < 1.29 is 4.90 Å². The van der Waals surface area contributed by atoms with Gasteiger partial charge in [0.15, 0.2) is 6.04 Å². The third-order valence-corrected chi connectivity index (χ3v) is 6.81. The maximum atomic E-state index is 6.19. The molecule has 2 aromatic carbocycles. The van der Waals surface area contributed by atoms with E-state index in [1.807, 2.05) is 12.1 Å². The van der Waals surface area contributed by atoms with Crippen LogP contribution in [0.5, 0.6) is 0 Å². The summed E-state index contributed by atoms with van der Waals surface area (Å²) in [6.07, 6.45) is 7.27. The maximum absolute atomic E-state index is 6.19. The highest BCUT2D eigenvalue weighted by Gasteiger charge is 2.35. The van der Waals surface area contributed by atoms with Gasteiger partial charge in [0.1, 0.15) is 6.54 Å². The van der Waals surface area contributed by atoms with Crippen LogP contribution in [0.25, 0.3) is 0 Å². The van der Waals surface area contributed by atoms with Gasteiger partial charge in [0.05, 0.1) is 12.6 Å². The number of rotatable bonds is 4. The smallest absolute Gasteiger partial charge is 0.214 e. The average Bonchev–Trinajstić information content (AvgIpc) is 3.25. The van der Waals surface area contributed by atoms with Crippen LogP contribution in [0.4, 0.5) is 0 Å². The van der Waals surface area contributed by atoms with Crippen LogP contribution in [0, 0.1) is 0 Å². The van der Waals surface area contributed by atoms with E-state index in [-0.39, 0.29) is 6.04 Å². The first-order valence-corrected chi connectivity index (χ1v) is 11.1. The topological polar surface area (TPSA) is 48.0 Å². The molecule has 0 amide bonds. The number of tetrazole rings is 1. The molecule has 3 aromatic rings. The predicted octanol–water partition coefficient (Wildman–Crippen LogP) is 3.56. The number of hydrogen-bond acceptors (Lipinski definition) is 3. The van der Waals surface area contributed by atoms with E-state index in [9.17, 15) is 0 Å². The second kappa shape index (κ2) is 8.25. The molecule has 0 saturated heterocycles. The molecule has 1 aliphatic carbocycles. The first-order valence-electron chi connectivity index (χ1n) is 10.7. The van der Waals surface area contributed by atoms with Crippen molar-refractivity contribution in [3.05, 3.63) is 76.1 Å². The van der Waals surface area contributed by atoms with Crippen molar-refractivity contribution in [2.75, 3.05) is 6.54 Å². The minimum absolute atomic E-state index is 0.109. The van der Waals surface area contributed by atoms with Crippen molar-refractivity contribution >= 4 is 11.6 Å². The SMILES string of the molecule is Clc1ccc([C@@H](c2nnnn2C2CCCCC2)[NH+]2CCc3ccccc3C2)cc1. The summed E-state index contributed by atoms with van der Waals surface area (Å²) in [6.45, 7) is 2.06. The minimum atomic E-state index is 0.109. The molecule has 6 heteroatoms. The molecule has 0 radical (unpaired) electrons. The van der Waals surface area contributed by atoms with Gasteiger partial charge in [-0.15, -0.1) is 5.10 Å². The molecular formula is C23H27ClN5+. The molecule has 1 fully saturated rings. The second-order valence-electron chi connectivity index (χ2n) is 8.36. The average molecular weight is 409 g/mol. The summed E-state index contributed by atoms with van der Waals surface area (Å²) in [5, 5.41) is 13.9. The fourth-order valence-electron chi connectivity index (χ4n) is 5.05. The monoisotopic (exact) mass is 408 g/mol. The molecule has 5 rings (SSSR count). The molecule has 0 bridgehead atoms. The van der Waals surface area contributed by atoms with Gasteiger partial charge in [-0.25, -0.2) is 4.68 Å². The Balaban J connectivity index is 1.54. The van der Waals surface area contributed by atoms with Crippen LogP contribution in [-0.2, 0) is 13.0 Å². The molecule has 5 nitrogen and oxygen atoms in total. The quantitative estimate of drug-likeness (QED) is 0.718. The third kappa shape index (κ3) is 3.81. The Morgan fingerprint density at radius 2 is 1.72 bits per heavy atom. The molecule has 150 valence electrons. The summed E-state index contributed by atoms with van der Waals surface area (Å²) in [5.74, 6) is 0.994. The van der Waals surface area contributed by atoms with Gasteiger partial charge in [0.2, 0.25) is 5.82 Å². The lowest BCUT2D eigenvalue weighted by molar-refractivity contribution is -0.941. The van der Waals surface area contributed by atoms with Gasteiger partial charge in [-0.05, 0) is 41.0 Å². The van der Waals surface area contributed by atoms with E-state index in [4.69, 9.17) is 11.6 Å². The molecule has 2 atom stereocenters. The first kappa shape index (κ1) is 18.8. The summed E-state index contributed by atoms with van der Waals surface area (Å²) in [6, 6.07) is 17.6. The standard InChI is InChI=1S/C23H26ClN5/c24-20-12-10-18(11-13-20)22(28-15-14-17-6-4-5-7-19(17)16-28)23-25-26-27-29(23)21-8-2-1-3-9-21/h4-7,10-13,21-22H,1-3,8-9,14-16H2/p+1/t22-/m0/s1. The largest absolute Gasteiger partial charge is 0.318 e. The number of benzene rings is 2. The number of aromatic nitrogens is 4. The van der Waals surface area contributed by atoms with Gasteiger partial charge in [0.25, 0.3) is 0 Å². The Hall–Kier alpha value is -2.24. The molecule has 1 aromatic heterocycles. The summed E-state index contributed by atoms with van der Waals surface area (Å²) >= 11 is 6.19. The Morgan fingerprint density at radius 1 is 0.966 bits per heavy atom. The van der Waals surface area contributed by atoms with E-state index >= 15 is 0 Å². The van der Waals surface area contributed by atoms with Gasteiger partial charge in [0, 0.05) is 22.6 Å². The first-order chi connectivity index (χ1) is 14.3. The van der Waals surface area contributed by atoms with E-state index in [1.54, 1.807) is 0 Å². The normalized spacial score (nSPS) is 20.9. The van der Waals surface area contributed by atoms with Crippen LogP contribution in [-0.4, -0.2) is 26.8 Å². The summed E-state index contributed by atoms with van der Waals surface area (Å²) in [7, 11) is 0. The van der Waals surface area contributed by atoms with Crippen LogP contribution >= 0.6 is 11.6 Å². The summed E-state index contributed by atoms with van der Waals surface area (Å²) in [4.78, 5) is 1.50. The molecule has 29 heavy (non-hydrogen) atoms. The van der Waals surface area contributed by atoms with Crippen molar-refractivity contribution in [2.24, 2.45) is 0 Å². The molecule has 1 unspecified atom stereocenters. The van der Waals surface area contributed by atoms with Crippen LogP contribution in [0.3, 0.4) is 0 Å². The molecule has 1 N–H and O–H groups in total. The zero-order valence-corrected chi connectivity index (χ0v) is 17.4. The van der Waals surface area contributed by atoms with Crippen LogP contribution in [0.2, 0.25) is 5.02 Å². The van der Waals surface area contributed by atoms with E-state index in [0.717, 1.165) is 30.4 Å². The number of hydrogen-bond donors (Lipinski definition) is 1. The van der Waals surface area contributed by atoms with Crippen molar-refractivity contribution in [3.8, 4) is 0 Å². The lowest BCUT2D eigenvalue weighted by Gasteiger charge is -2.33. The number of quaternary nitrogens is 1. The predicted molar refractivity (Wildman–Crippen MR) is 113 cm³/mol. The van der Waals surface area contributed by atoms with Crippen molar-refractivity contribution in [2.45, 2.75) is 57.2 Å². The third-order valence-electron chi connectivity index (χ3n) is 6.56. The zero-order chi connectivity index (χ0) is 19.6. The van der Waals surface area contributed by atoms with Gasteiger partial charge in [-0.2, -0.15) is 0 Å². The Morgan fingerprint density at radius 3 is 2.52 bits per heavy atom. The van der Waals surface area contributed by atoms with Crippen molar-refractivity contribution in [1.82, 2.24) is 20.2 Å². The number of fused-ring (bicyclic) bond motifs is 1. The summed E-state index contributed by atoms with van der Waals surface area (Å²) in [5.41, 5.74) is 4.14. The minimum Gasteiger partial charge on any atom is -0.318 e. The Kier molecular flexibility index (Phi) is 5.34. The highest BCUT2D eigenvalue weighted by Crippen LogP contribution is 2.30. The van der Waals surface area contributed by atoms with Gasteiger partial charge >= 0.3 is 0 Å². The molecule has 2 aliphatic rings. The number of nitrogens with zero attached hydrogens (tertiary/aromatic N) is 4. The van der Waals surface area contributed by atoms with Crippen LogP contribution in [0.1, 0.15) is 66.7 Å². The molecular weight excluding hydrogens is 382 g/mol. The van der Waals surface area contributed by atoms with Gasteiger partial charge < -0.3 is 4.90 Å². The fraction of sp³-hybridized carbons (Fsp3) is 0.435. The maximum Gasteiger partial charge on any atom is 0.214 e. The van der Waals surface area contributed by atoms with E-state index in [2.05, 4.69) is 56.6 Å². The van der Waals surface area contributed by atoms with Crippen molar-refractivity contribution in [3.63, 3.8) is 0 Å². The molecule has 1 saturated carbocycles. The molecule has 1 aliphatic heterocycles. The van der Waals surface area contributed by atoms with Gasteiger partial charge in [-0.1, -0.05) is 67.3 Å². The van der Waals surface area contributed by atoms with Crippen molar-refractivity contribution in [1.29, 1.82) is 0 Å². The van der Waals surface area contributed by atoms with E-state index < -0.39 is 0 Å². The zero-order valence-electron chi connectivity index (χ0n) is 16.6. The second-order valence-corrected chi connectivity index (χ2v) is 8.80. The number of halogens is 1. The van der Waals surface area contributed by atoms with Crippen LogP contribution < -0.4 is 4.90 Å². The Labute approximate surface area is 176 Å². The van der Waals surface area contributed by atoms with E-state index in [1.165, 1.54) is 53.7 Å².